The molecule has 0 spiro atoms. The Balaban J connectivity index is 1.91. The van der Waals surface area contributed by atoms with E-state index in [9.17, 15) is 18.0 Å². The molecule has 5 nitrogen and oxygen atoms in total. The van der Waals surface area contributed by atoms with Crippen molar-refractivity contribution in [2.75, 3.05) is 0 Å². The quantitative estimate of drug-likeness (QED) is 0.593. The average Bonchev–Trinajstić information content (AvgIpc) is 2.65. The third kappa shape index (κ3) is 4.17. The van der Waals surface area contributed by atoms with E-state index in [-0.39, 0.29) is 22.5 Å². The maximum absolute atomic E-state index is 12.6. The van der Waals surface area contributed by atoms with Crippen molar-refractivity contribution in [3.63, 3.8) is 0 Å². The highest BCUT2D eigenvalue weighted by molar-refractivity contribution is 6.31. The predicted molar refractivity (Wildman–Crippen MR) is 98.2 cm³/mol. The predicted octanol–water partition coefficient (Wildman–Crippen LogP) is 5.22. The van der Waals surface area contributed by atoms with E-state index in [1.54, 1.807) is 6.07 Å². The molecule has 0 aliphatic carbocycles. The lowest BCUT2D eigenvalue weighted by molar-refractivity contribution is -0.137. The van der Waals surface area contributed by atoms with Gasteiger partial charge >= 0.3 is 6.18 Å². The fraction of sp³-hybridized carbons (Fsp3) is 0.211. The molecule has 0 saturated heterocycles. The molecule has 146 valence electrons. The SMILES string of the molecule is CC(C)c1cccc(Oc2cnn(-c3ccc(C(F)(F)F)cn3)c(=O)c2Cl)c1. The van der Waals surface area contributed by atoms with Gasteiger partial charge in [-0.3, -0.25) is 4.79 Å². The van der Waals surface area contributed by atoms with Gasteiger partial charge in [-0.25, -0.2) is 4.98 Å². The number of aromatic nitrogens is 3. The van der Waals surface area contributed by atoms with E-state index in [1.807, 2.05) is 32.0 Å². The Labute approximate surface area is 163 Å². The molecule has 1 aromatic carbocycles. The third-order valence-electron chi connectivity index (χ3n) is 3.93. The molecule has 0 atom stereocenters. The molecule has 3 rings (SSSR count). The molecule has 2 aromatic heterocycles. The van der Waals surface area contributed by atoms with E-state index in [0.29, 0.717) is 11.9 Å². The Morgan fingerprint density at radius 2 is 1.89 bits per heavy atom. The van der Waals surface area contributed by atoms with E-state index in [1.165, 1.54) is 6.20 Å². The van der Waals surface area contributed by atoms with Crippen LogP contribution in [0.15, 0.2) is 53.6 Å². The van der Waals surface area contributed by atoms with Crippen LogP contribution in [0.4, 0.5) is 13.2 Å². The number of rotatable bonds is 4. The van der Waals surface area contributed by atoms with Crippen molar-refractivity contribution in [2.45, 2.75) is 25.9 Å². The number of hydrogen-bond donors (Lipinski definition) is 0. The van der Waals surface area contributed by atoms with Gasteiger partial charge in [0, 0.05) is 6.20 Å². The van der Waals surface area contributed by atoms with Gasteiger partial charge in [-0.2, -0.15) is 23.0 Å². The number of benzene rings is 1. The number of alkyl halides is 3. The second-order valence-electron chi connectivity index (χ2n) is 6.27. The Morgan fingerprint density at radius 3 is 2.50 bits per heavy atom. The molecule has 0 saturated carbocycles. The standard InChI is InChI=1S/C19H15ClF3N3O2/c1-11(2)12-4-3-5-14(8-12)28-15-10-25-26(18(27)17(15)20)16-7-6-13(9-24-16)19(21,22)23/h3-11H,1-2H3. The first-order valence-electron chi connectivity index (χ1n) is 8.26. The molecular weight excluding hydrogens is 395 g/mol. The first kappa shape index (κ1) is 19.9. The van der Waals surface area contributed by atoms with E-state index >= 15 is 0 Å². The summed E-state index contributed by atoms with van der Waals surface area (Å²) in [6.07, 6.45) is -2.69. The molecular formula is C19H15ClF3N3O2. The third-order valence-corrected chi connectivity index (χ3v) is 4.28. The molecule has 0 aliphatic heterocycles. The summed E-state index contributed by atoms with van der Waals surface area (Å²) in [5, 5.41) is 3.65. The van der Waals surface area contributed by atoms with Crippen LogP contribution in [0.3, 0.4) is 0 Å². The fourth-order valence-electron chi connectivity index (χ4n) is 2.40. The summed E-state index contributed by atoms with van der Waals surface area (Å²) >= 11 is 6.10. The van der Waals surface area contributed by atoms with Crippen molar-refractivity contribution in [2.24, 2.45) is 0 Å². The molecule has 9 heteroatoms. The van der Waals surface area contributed by atoms with Crippen LogP contribution in [0, 0.1) is 0 Å². The van der Waals surface area contributed by atoms with Gasteiger partial charge in [0.25, 0.3) is 5.56 Å². The van der Waals surface area contributed by atoms with Crippen LogP contribution in [0.1, 0.15) is 30.9 Å². The first-order valence-corrected chi connectivity index (χ1v) is 8.64. The zero-order valence-corrected chi connectivity index (χ0v) is 15.6. The molecule has 28 heavy (non-hydrogen) atoms. The van der Waals surface area contributed by atoms with Crippen molar-refractivity contribution < 1.29 is 17.9 Å². The van der Waals surface area contributed by atoms with Crippen molar-refractivity contribution in [3.8, 4) is 17.3 Å². The van der Waals surface area contributed by atoms with Gasteiger partial charge in [-0.1, -0.05) is 37.6 Å². The molecule has 0 fully saturated rings. The molecule has 3 aromatic rings. The Hall–Kier alpha value is -2.87. The van der Waals surface area contributed by atoms with Crippen LogP contribution >= 0.6 is 11.6 Å². The second-order valence-corrected chi connectivity index (χ2v) is 6.65. The van der Waals surface area contributed by atoms with Crippen LogP contribution in [0.5, 0.6) is 11.5 Å². The van der Waals surface area contributed by atoms with Gasteiger partial charge in [-0.05, 0) is 35.7 Å². The molecule has 0 bridgehead atoms. The lowest BCUT2D eigenvalue weighted by atomic mass is 10.0. The normalized spacial score (nSPS) is 11.7. The highest BCUT2D eigenvalue weighted by atomic mass is 35.5. The van der Waals surface area contributed by atoms with Crippen LogP contribution in [0.25, 0.3) is 5.82 Å². The van der Waals surface area contributed by atoms with Crippen molar-refractivity contribution in [1.29, 1.82) is 0 Å². The zero-order chi connectivity index (χ0) is 20.5. The summed E-state index contributed by atoms with van der Waals surface area (Å²) < 4.78 is 44.4. The molecule has 0 aliphatic rings. The highest BCUT2D eigenvalue weighted by Crippen LogP contribution is 2.30. The monoisotopic (exact) mass is 409 g/mol. The number of hydrogen-bond acceptors (Lipinski definition) is 4. The summed E-state index contributed by atoms with van der Waals surface area (Å²) in [7, 11) is 0. The van der Waals surface area contributed by atoms with E-state index in [0.717, 1.165) is 22.4 Å². The molecule has 2 heterocycles. The average molecular weight is 410 g/mol. The van der Waals surface area contributed by atoms with Crippen LogP contribution in [0.2, 0.25) is 5.02 Å². The van der Waals surface area contributed by atoms with E-state index < -0.39 is 17.3 Å². The number of halogens is 4. The van der Waals surface area contributed by atoms with Crippen molar-refractivity contribution in [3.05, 3.63) is 75.3 Å². The van der Waals surface area contributed by atoms with Gasteiger partial charge in [0.05, 0.1) is 11.8 Å². The second kappa shape index (κ2) is 7.63. The summed E-state index contributed by atoms with van der Waals surface area (Å²) in [4.78, 5) is 16.1. The largest absolute Gasteiger partial charge is 0.454 e. The molecule has 0 amide bonds. The van der Waals surface area contributed by atoms with Gasteiger partial charge in [0.15, 0.2) is 16.6 Å². The minimum absolute atomic E-state index is 0.0377. The van der Waals surface area contributed by atoms with E-state index in [4.69, 9.17) is 16.3 Å². The van der Waals surface area contributed by atoms with Crippen molar-refractivity contribution >= 4 is 11.6 Å². The van der Waals surface area contributed by atoms with Gasteiger partial charge in [0.1, 0.15) is 5.75 Å². The van der Waals surface area contributed by atoms with Crippen LogP contribution < -0.4 is 10.3 Å². The van der Waals surface area contributed by atoms with Crippen LogP contribution in [-0.2, 0) is 6.18 Å². The minimum Gasteiger partial charge on any atom is -0.454 e. The van der Waals surface area contributed by atoms with Gasteiger partial charge < -0.3 is 4.74 Å². The zero-order valence-electron chi connectivity index (χ0n) is 14.9. The number of pyridine rings is 1. The first-order chi connectivity index (χ1) is 13.2. The lowest BCUT2D eigenvalue weighted by Crippen LogP contribution is -2.23. The lowest BCUT2D eigenvalue weighted by Gasteiger charge is -2.12. The van der Waals surface area contributed by atoms with Gasteiger partial charge in [-0.15, -0.1) is 0 Å². The summed E-state index contributed by atoms with van der Waals surface area (Å²) in [6.45, 7) is 4.07. The maximum Gasteiger partial charge on any atom is 0.417 e. The summed E-state index contributed by atoms with van der Waals surface area (Å²) in [5.41, 5.74) is -0.643. The topological polar surface area (TPSA) is 57.0 Å². The molecule has 0 N–H and O–H groups in total. The Kier molecular flexibility index (Phi) is 5.42. The van der Waals surface area contributed by atoms with Crippen LogP contribution in [-0.4, -0.2) is 14.8 Å². The van der Waals surface area contributed by atoms with Gasteiger partial charge in [0.2, 0.25) is 0 Å². The minimum atomic E-state index is -4.52. The molecule has 0 radical (unpaired) electrons. The summed E-state index contributed by atoms with van der Waals surface area (Å²) in [6, 6.07) is 9.16. The Morgan fingerprint density at radius 1 is 1.14 bits per heavy atom. The fourth-order valence-corrected chi connectivity index (χ4v) is 2.56. The number of ether oxygens (including phenoxy) is 1. The maximum atomic E-state index is 12.6. The van der Waals surface area contributed by atoms with Crippen molar-refractivity contribution in [1.82, 2.24) is 14.8 Å². The molecule has 0 unspecified atom stereocenters. The number of nitrogens with zero attached hydrogens (tertiary/aromatic N) is 3. The highest BCUT2D eigenvalue weighted by Gasteiger charge is 2.30. The summed E-state index contributed by atoms with van der Waals surface area (Å²) in [5.74, 6) is 0.722. The smallest absolute Gasteiger partial charge is 0.417 e. The Bertz CT molecular complexity index is 1050. The van der Waals surface area contributed by atoms with E-state index in [2.05, 4.69) is 10.1 Å².